The van der Waals surface area contributed by atoms with Gasteiger partial charge in [-0.3, -0.25) is 9.59 Å². The Hall–Kier alpha value is -6.21. The number of esters is 3. The lowest BCUT2D eigenvalue weighted by Gasteiger charge is -2.23. The lowest BCUT2D eigenvalue weighted by molar-refractivity contribution is -0.137. The van der Waals surface area contributed by atoms with Crippen LogP contribution >= 0.6 is 15.9 Å². The highest BCUT2D eigenvalue weighted by atomic mass is 79.9. The van der Waals surface area contributed by atoms with Crippen molar-refractivity contribution in [2.75, 3.05) is 7.11 Å². The molecule has 0 amide bonds. The average molecular weight is 842 g/mol. The number of carboxylic acid groups (broad SMARTS) is 1. The number of aryl methyl sites for hydroxylation is 1. The zero-order valence-corrected chi connectivity index (χ0v) is 34.6. The van der Waals surface area contributed by atoms with Crippen molar-refractivity contribution >= 4 is 45.6 Å². The van der Waals surface area contributed by atoms with Crippen LogP contribution in [0, 0.1) is 61.3 Å². The molecular formula is C44H41BrO12. The van der Waals surface area contributed by atoms with Crippen LogP contribution in [0.2, 0.25) is 0 Å². The van der Waals surface area contributed by atoms with Crippen LogP contribution in [0.15, 0.2) is 64.4 Å². The molecule has 4 aromatic rings. The van der Waals surface area contributed by atoms with Crippen LogP contribution in [0.5, 0.6) is 34.5 Å². The number of aromatic carboxylic acids is 1. The number of hydrogen-bond donors (Lipinski definition) is 2. The van der Waals surface area contributed by atoms with Gasteiger partial charge in [0.1, 0.15) is 39.0 Å². The average Bonchev–Trinajstić information content (AvgIpc) is 3.15. The number of hydrogen-bond acceptors (Lipinski definition) is 11. The topological polar surface area (TPSA) is 172 Å². The highest BCUT2D eigenvalue weighted by molar-refractivity contribution is 9.10. The Labute approximate surface area is 337 Å². The van der Waals surface area contributed by atoms with E-state index in [1.165, 1.54) is 25.3 Å². The van der Waals surface area contributed by atoms with E-state index < -0.39 is 35.5 Å². The molecule has 1 atom stereocenters. The molecule has 0 radical (unpaired) electrons. The fourth-order valence-electron chi connectivity index (χ4n) is 6.75. The van der Waals surface area contributed by atoms with E-state index in [1.807, 2.05) is 0 Å². The van der Waals surface area contributed by atoms with Gasteiger partial charge in [0.25, 0.3) is 0 Å². The normalized spacial score (nSPS) is 13.7. The van der Waals surface area contributed by atoms with Crippen LogP contribution in [-0.4, -0.2) is 47.0 Å². The number of halogens is 1. The molecule has 0 fully saturated rings. The summed E-state index contributed by atoms with van der Waals surface area (Å²) in [6.45, 7) is 14.6. The van der Waals surface area contributed by atoms with Crippen LogP contribution in [0.25, 0.3) is 0 Å². The summed E-state index contributed by atoms with van der Waals surface area (Å²) in [4.78, 5) is 65.3. The van der Waals surface area contributed by atoms with Gasteiger partial charge in [0.15, 0.2) is 23.0 Å². The van der Waals surface area contributed by atoms with Crippen molar-refractivity contribution in [3.63, 3.8) is 0 Å². The molecule has 1 aliphatic rings. The van der Waals surface area contributed by atoms with E-state index in [2.05, 4.69) is 15.9 Å². The van der Waals surface area contributed by atoms with E-state index >= 15 is 0 Å². The number of ether oxygens (including phenoxy) is 5. The summed E-state index contributed by atoms with van der Waals surface area (Å²) in [6.07, 6.45) is 2.51. The molecule has 57 heavy (non-hydrogen) atoms. The van der Waals surface area contributed by atoms with Crippen molar-refractivity contribution in [3.05, 3.63) is 126 Å². The van der Waals surface area contributed by atoms with E-state index in [0.717, 1.165) is 0 Å². The third-order valence-corrected chi connectivity index (χ3v) is 11.0. The first-order valence-corrected chi connectivity index (χ1v) is 18.5. The van der Waals surface area contributed by atoms with Gasteiger partial charge < -0.3 is 33.9 Å². The number of carbonyl (C=O) groups is 5. The van der Waals surface area contributed by atoms with Crippen molar-refractivity contribution in [3.8, 4) is 34.5 Å². The summed E-state index contributed by atoms with van der Waals surface area (Å²) < 4.78 is 28.9. The van der Waals surface area contributed by atoms with E-state index in [4.69, 9.17) is 23.7 Å². The van der Waals surface area contributed by atoms with Gasteiger partial charge in [0.2, 0.25) is 0 Å². The van der Waals surface area contributed by atoms with Crippen molar-refractivity contribution in [2.45, 2.75) is 62.3 Å². The van der Waals surface area contributed by atoms with Crippen molar-refractivity contribution in [1.82, 2.24) is 0 Å². The van der Waals surface area contributed by atoms with Gasteiger partial charge >= 0.3 is 23.9 Å². The second-order valence-electron chi connectivity index (χ2n) is 13.7. The lowest BCUT2D eigenvalue weighted by atomic mass is 9.92. The number of phenolic OH excluding ortho intramolecular Hbond substituents is 1. The standard InChI is InChI=1S/C44H41BrO12/c1-19-16-28(46)18-31(53-10)33(19)43(51)56-38-25(7)24(6)35(37(47)36(38)45)44(52)55-30-17-20(2)32(22(4)21(30)3)42(50)57-39-26(8)23(5)34(41(48)49)27(9)40(39)54-29-14-12-11-13-15-29/h11-18,33,47H,1-10H3,(H,48,49). The van der Waals surface area contributed by atoms with E-state index in [-0.39, 0.29) is 66.8 Å². The molecule has 2 N–H and O–H groups in total. The minimum absolute atomic E-state index is 0.0343. The number of allylic oxidation sites excluding steroid dienone is 2. The molecule has 4 aromatic carbocycles. The maximum absolute atomic E-state index is 14.0. The second kappa shape index (κ2) is 16.5. The number of benzene rings is 4. The van der Waals surface area contributed by atoms with Gasteiger partial charge in [0, 0.05) is 11.6 Å². The molecule has 0 aromatic heterocycles. The fourth-order valence-corrected chi connectivity index (χ4v) is 7.33. The van der Waals surface area contributed by atoms with Gasteiger partial charge in [-0.2, -0.15) is 0 Å². The number of methoxy groups -OCH3 is 1. The fraction of sp³-hybridized carbons (Fsp3) is 0.250. The molecular weight excluding hydrogens is 800 g/mol. The third-order valence-electron chi connectivity index (χ3n) is 10.2. The predicted octanol–water partition coefficient (Wildman–Crippen LogP) is 9.13. The molecule has 5 rings (SSSR count). The van der Waals surface area contributed by atoms with E-state index in [0.29, 0.717) is 44.7 Å². The van der Waals surface area contributed by atoms with Gasteiger partial charge in [-0.15, -0.1) is 0 Å². The van der Waals surface area contributed by atoms with Gasteiger partial charge in [-0.05, 0) is 147 Å². The molecule has 0 aliphatic heterocycles. The Kier molecular flexibility index (Phi) is 12.1. The van der Waals surface area contributed by atoms with Gasteiger partial charge in [-0.25, -0.2) is 14.4 Å². The first-order chi connectivity index (χ1) is 26.8. The van der Waals surface area contributed by atoms with Gasteiger partial charge in [0.05, 0.1) is 18.2 Å². The Balaban J connectivity index is 1.46. The molecule has 0 spiro atoms. The molecule has 1 aliphatic carbocycles. The van der Waals surface area contributed by atoms with Gasteiger partial charge in [-0.1, -0.05) is 18.2 Å². The molecule has 12 nitrogen and oxygen atoms in total. The molecule has 0 saturated carbocycles. The second-order valence-corrected chi connectivity index (χ2v) is 14.5. The van der Waals surface area contributed by atoms with Crippen LogP contribution in [-0.2, 0) is 14.3 Å². The highest BCUT2D eigenvalue weighted by Crippen LogP contribution is 2.45. The van der Waals surface area contributed by atoms with Crippen molar-refractivity contribution in [2.24, 2.45) is 5.92 Å². The summed E-state index contributed by atoms with van der Waals surface area (Å²) in [5.41, 5.74) is 3.45. The Bertz CT molecular complexity index is 2430. The van der Waals surface area contributed by atoms with E-state index in [9.17, 15) is 34.2 Å². The summed E-state index contributed by atoms with van der Waals surface area (Å²) in [5.74, 6) is -4.69. The van der Waals surface area contributed by atoms with Crippen molar-refractivity contribution < 1.29 is 57.9 Å². The minimum atomic E-state index is -1.15. The number of carboxylic acids is 1. The highest BCUT2D eigenvalue weighted by Gasteiger charge is 2.34. The number of ketones is 1. The first kappa shape index (κ1) is 41.9. The lowest BCUT2D eigenvalue weighted by Crippen LogP contribution is -2.28. The Morgan fingerprint density at radius 1 is 0.667 bits per heavy atom. The molecule has 296 valence electrons. The number of phenols is 1. The number of rotatable bonds is 10. The zero-order chi connectivity index (χ0) is 42.2. The number of carbonyl (C=O) groups excluding carboxylic acids is 4. The van der Waals surface area contributed by atoms with Crippen LogP contribution in [0.1, 0.15) is 82.5 Å². The Morgan fingerprint density at radius 2 is 1.25 bits per heavy atom. The predicted molar refractivity (Wildman–Crippen MR) is 213 cm³/mol. The molecule has 1 unspecified atom stereocenters. The number of aromatic hydroxyl groups is 1. The molecule has 0 heterocycles. The summed E-state index contributed by atoms with van der Waals surface area (Å²) in [6, 6.07) is 10.2. The monoisotopic (exact) mass is 840 g/mol. The van der Waals surface area contributed by atoms with E-state index in [1.54, 1.807) is 92.6 Å². The summed E-state index contributed by atoms with van der Waals surface area (Å²) in [7, 11) is 1.34. The molecule has 0 saturated heterocycles. The first-order valence-electron chi connectivity index (χ1n) is 17.7. The molecule has 13 heteroatoms. The third kappa shape index (κ3) is 7.92. The zero-order valence-electron chi connectivity index (χ0n) is 33.1. The largest absolute Gasteiger partial charge is 0.506 e. The van der Waals surface area contributed by atoms with Crippen LogP contribution in [0.4, 0.5) is 0 Å². The maximum atomic E-state index is 14.0. The smallest absolute Gasteiger partial charge is 0.347 e. The maximum Gasteiger partial charge on any atom is 0.347 e. The SMILES string of the molecule is COC1=CC(=O)C=C(C)C1C(=O)Oc1c(C)c(C)c(C(=O)Oc2cc(C)c(C(=O)Oc3c(C)c(C)c(C(=O)O)c(C)c3Oc3ccccc3)c(C)c2C)c(O)c1Br. The number of para-hydroxylation sites is 1. The summed E-state index contributed by atoms with van der Waals surface area (Å²) >= 11 is 3.28. The van der Waals surface area contributed by atoms with Crippen LogP contribution in [0.3, 0.4) is 0 Å². The minimum Gasteiger partial charge on any atom is -0.506 e. The molecule has 0 bridgehead atoms. The quantitative estimate of drug-likeness (QED) is 0.115. The van der Waals surface area contributed by atoms with Crippen molar-refractivity contribution in [1.29, 1.82) is 0 Å². The van der Waals surface area contributed by atoms with Crippen LogP contribution < -0.4 is 18.9 Å². The Morgan fingerprint density at radius 3 is 1.86 bits per heavy atom. The summed E-state index contributed by atoms with van der Waals surface area (Å²) in [5, 5.41) is 21.3.